The van der Waals surface area contributed by atoms with Gasteiger partial charge >= 0.3 is 0 Å². The molecule has 34 heavy (non-hydrogen) atoms. The van der Waals surface area contributed by atoms with E-state index in [2.05, 4.69) is 30.5 Å². The van der Waals surface area contributed by atoms with Gasteiger partial charge in [0, 0.05) is 21.2 Å². The van der Waals surface area contributed by atoms with Gasteiger partial charge in [0.25, 0.3) is 0 Å². The maximum Gasteiger partial charge on any atom is 0.235 e. The molecule has 178 valence electrons. The molecular formula is C28H32N2O4. The molecule has 3 aromatic rings. The number of carbonyl (C=O) groups excluding carboxylic acids is 2. The van der Waals surface area contributed by atoms with E-state index in [-0.39, 0.29) is 21.5 Å². The van der Waals surface area contributed by atoms with Crippen molar-refractivity contribution in [3.05, 3.63) is 71.3 Å². The van der Waals surface area contributed by atoms with Crippen molar-refractivity contribution in [3.8, 4) is 22.6 Å². The Labute approximate surface area is 202 Å². The molecule has 0 aromatic heterocycles. The van der Waals surface area contributed by atoms with Gasteiger partial charge in [0.05, 0.1) is 5.41 Å². The zero-order chi connectivity index (χ0) is 23.9. The van der Waals surface area contributed by atoms with Crippen molar-refractivity contribution >= 4 is 23.2 Å². The van der Waals surface area contributed by atoms with E-state index in [1.165, 1.54) is 6.92 Å². The van der Waals surface area contributed by atoms with Crippen molar-refractivity contribution in [2.24, 2.45) is 0 Å². The van der Waals surface area contributed by atoms with Crippen molar-refractivity contribution in [3.63, 3.8) is 0 Å². The number of rotatable bonds is 6. The van der Waals surface area contributed by atoms with Gasteiger partial charge in [-0.25, -0.2) is 0 Å². The second-order valence-corrected chi connectivity index (χ2v) is 9.04. The van der Waals surface area contributed by atoms with Crippen molar-refractivity contribution in [2.75, 3.05) is 17.4 Å². The van der Waals surface area contributed by atoms with Crippen molar-refractivity contribution in [1.82, 2.24) is 0 Å². The van der Waals surface area contributed by atoms with E-state index in [1.807, 2.05) is 48.5 Å². The Kier molecular flexibility index (Phi) is 5.52. The Hall–Kier alpha value is -3.80. The van der Waals surface area contributed by atoms with Gasteiger partial charge in [-0.3, -0.25) is 9.59 Å². The largest absolute Gasteiger partial charge is 0.454 e. The molecule has 0 saturated heterocycles. The number of aryl methyl sites for hydroxylation is 2. The molecule has 0 spiro atoms. The molecule has 1 aliphatic heterocycles. The lowest BCUT2D eigenvalue weighted by Gasteiger charge is -2.18. The van der Waals surface area contributed by atoms with Crippen LogP contribution in [0.15, 0.2) is 54.6 Å². The van der Waals surface area contributed by atoms with E-state index in [4.69, 9.17) is 9.47 Å². The molecule has 2 amide bonds. The number of amides is 2. The minimum Gasteiger partial charge on any atom is -0.454 e. The lowest BCUT2D eigenvalue weighted by molar-refractivity contribution is -0.118. The molecule has 6 heteroatoms. The number of carbonyl (C=O) groups is 2. The van der Waals surface area contributed by atoms with Crippen LogP contribution >= 0.6 is 0 Å². The number of hydrogen-bond acceptors (Lipinski definition) is 4. The number of benzene rings is 3. The fourth-order valence-corrected chi connectivity index (χ4v) is 4.59. The first-order chi connectivity index (χ1) is 16.4. The number of ether oxygens (including phenoxy) is 2. The van der Waals surface area contributed by atoms with Crippen LogP contribution in [0.3, 0.4) is 0 Å². The van der Waals surface area contributed by atoms with Crippen LogP contribution in [-0.2, 0) is 21.4 Å². The molecule has 2 aliphatic rings. The van der Waals surface area contributed by atoms with Crippen molar-refractivity contribution in [1.29, 1.82) is 0 Å². The average Bonchev–Trinajstić information content (AvgIpc) is 3.51. The maximum absolute atomic E-state index is 13.4. The highest BCUT2D eigenvalue weighted by molar-refractivity contribution is 6.02. The first-order valence-electron chi connectivity index (χ1n) is 11.6. The van der Waals surface area contributed by atoms with Crippen molar-refractivity contribution < 1.29 is 21.9 Å². The smallest absolute Gasteiger partial charge is 0.235 e. The fraction of sp³-hybridized carbons (Fsp3) is 0.286. The minimum atomic E-state index is -0.526. The minimum absolute atomic E-state index is 0. The second kappa shape index (κ2) is 8.52. The van der Waals surface area contributed by atoms with Gasteiger partial charge in [-0.1, -0.05) is 25.1 Å². The van der Waals surface area contributed by atoms with E-state index in [0.29, 0.717) is 5.75 Å². The van der Waals surface area contributed by atoms with Crippen LogP contribution in [0, 0.1) is 6.92 Å². The highest BCUT2D eigenvalue weighted by Gasteiger charge is 2.51. The molecule has 3 aromatic carbocycles. The summed E-state index contributed by atoms with van der Waals surface area (Å²) in [6, 6.07) is 17.8. The summed E-state index contributed by atoms with van der Waals surface area (Å²) in [5.41, 5.74) is 6.32. The van der Waals surface area contributed by atoms with Crippen LogP contribution in [0.25, 0.3) is 11.1 Å². The third-order valence-corrected chi connectivity index (χ3v) is 6.71. The molecule has 6 nitrogen and oxygen atoms in total. The van der Waals surface area contributed by atoms with Crippen LogP contribution in [0.1, 0.15) is 46.2 Å². The van der Waals surface area contributed by atoms with Crippen LogP contribution in [0.5, 0.6) is 11.5 Å². The van der Waals surface area contributed by atoms with E-state index < -0.39 is 5.41 Å². The predicted octanol–water partition coefficient (Wildman–Crippen LogP) is 6.07. The molecule has 5 rings (SSSR count). The molecule has 1 saturated carbocycles. The Morgan fingerprint density at radius 3 is 2.50 bits per heavy atom. The second-order valence-electron chi connectivity index (χ2n) is 9.04. The molecule has 0 bridgehead atoms. The molecule has 1 fully saturated rings. The summed E-state index contributed by atoms with van der Waals surface area (Å²) < 4.78 is 10.9. The summed E-state index contributed by atoms with van der Waals surface area (Å²) in [7, 11) is 0. The van der Waals surface area contributed by atoms with Gasteiger partial charge in [-0.2, -0.15) is 0 Å². The first-order valence-corrected chi connectivity index (χ1v) is 11.6. The van der Waals surface area contributed by atoms with E-state index >= 15 is 0 Å². The highest BCUT2D eigenvalue weighted by Crippen LogP contribution is 2.51. The summed E-state index contributed by atoms with van der Waals surface area (Å²) in [5.74, 6) is 1.33. The predicted molar refractivity (Wildman–Crippen MR) is 137 cm³/mol. The van der Waals surface area contributed by atoms with Gasteiger partial charge in [-0.15, -0.1) is 0 Å². The maximum atomic E-state index is 13.4. The quantitative estimate of drug-likeness (QED) is 0.468. The van der Waals surface area contributed by atoms with E-state index in [9.17, 15) is 9.59 Å². The third-order valence-electron chi connectivity index (χ3n) is 6.71. The number of fused-ring (bicyclic) bond motifs is 1. The van der Waals surface area contributed by atoms with E-state index in [1.54, 1.807) is 0 Å². The lowest BCUT2D eigenvalue weighted by atomic mass is 9.93. The summed E-state index contributed by atoms with van der Waals surface area (Å²) in [4.78, 5) is 24.9. The summed E-state index contributed by atoms with van der Waals surface area (Å²) >= 11 is 0. The third kappa shape index (κ3) is 4.00. The molecular weight excluding hydrogens is 428 g/mol. The van der Waals surface area contributed by atoms with Gasteiger partial charge in [0.15, 0.2) is 11.5 Å². The normalized spacial score (nSPS) is 15.0. The molecule has 1 heterocycles. The van der Waals surface area contributed by atoms with Crippen LogP contribution in [-0.4, -0.2) is 18.6 Å². The lowest BCUT2D eigenvalue weighted by Crippen LogP contribution is -2.27. The molecule has 0 radical (unpaired) electrons. The van der Waals surface area contributed by atoms with Gasteiger partial charge in [-0.05, 0) is 90.4 Å². The fourth-order valence-electron chi connectivity index (χ4n) is 4.59. The van der Waals surface area contributed by atoms with Crippen LogP contribution in [0.4, 0.5) is 11.4 Å². The zero-order valence-corrected chi connectivity index (χ0v) is 19.7. The molecule has 0 atom stereocenters. The standard InChI is InChI=1S/C28H28N2O4.2H2/c1-4-19-13-20(6-9-24(19)29-18(3)31)23-15-22(8-5-17(23)2)30-27(32)28(11-12-28)21-7-10-25-26(14-21)34-16-33-25;;/h5-10,13-15H,4,11-12,16H2,1-3H3,(H,29,31)(H,30,32);2*1H. The average molecular weight is 461 g/mol. The van der Waals surface area contributed by atoms with Gasteiger partial charge < -0.3 is 20.1 Å². The Balaban J connectivity index is 0.00000180. The van der Waals surface area contributed by atoms with Gasteiger partial charge in [0.2, 0.25) is 18.6 Å². The number of hydrogen-bond donors (Lipinski definition) is 2. The summed E-state index contributed by atoms with van der Waals surface area (Å²) in [5, 5.41) is 6.04. The molecule has 2 N–H and O–H groups in total. The SMILES string of the molecule is CCc1cc(-c2cc(NC(=O)C3(c4ccc5c(c4)OCO5)CC3)ccc2C)ccc1NC(C)=O.[HH].[HH]. The Morgan fingerprint density at radius 2 is 1.76 bits per heavy atom. The number of anilines is 2. The summed E-state index contributed by atoms with van der Waals surface area (Å²) in [6.07, 6.45) is 2.42. The Bertz CT molecular complexity index is 1300. The Morgan fingerprint density at radius 1 is 0.971 bits per heavy atom. The molecule has 1 aliphatic carbocycles. The van der Waals surface area contributed by atoms with Crippen LogP contribution in [0.2, 0.25) is 0 Å². The van der Waals surface area contributed by atoms with Crippen molar-refractivity contribution in [2.45, 2.75) is 45.4 Å². The topological polar surface area (TPSA) is 76.7 Å². The first kappa shape index (κ1) is 22.0. The number of nitrogens with one attached hydrogen (secondary N) is 2. The highest BCUT2D eigenvalue weighted by atomic mass is 16.7. The zero-order valence-electron chi connectivity index (χ0n) is 19.7. The van der Waals surface area contributed by atoms with Crippen LogP contribution < -0.4 is 20.1 Å². The van der Waals surface area contributed by atoms with Gasteiger partial charge in [0.1, 0.15) is 0 Å². The monoisotopic (exact) mass is 460 g/mol. The summed E-state index contributed by atoms with van der Waals surface area (Å²) in [6.45, 7) is 5.86. The molecule has 0 unspecified atom stereocenters. The van der Waals surface area contributed by atoms with E-state index in [0.717, 1.165) is 64.2 Å².